The molecule has 0 fully saturated rings. The van der Waals surface area contributed by atoms with Crippen LogP contribution in [0.15, 0.2) is 79.0 Å². The number of rotatable bonds is 6. The van der Waals surface area contributed by atoms with Crippen LogP contribution in [-0.4, -0.2) is 10.5 Å². The molecule has 4 nitrogen and oxygen atoms in total. The number of carbonyl (C=O) groups is 1. The maximum Gasteiger partial charge on any atom is 0.247 e. The molecule has 1 unspecified atom stereocenters. The molecule has 1 N–H and O–H groups in total. The average Bonchev–Trinajstić information content (AvgIpc) is 3.19. The smallest absolute Gasteiger partial charge is 0.247 e. The number of hydrogen-bond acceptors (Lipinski definition) is 2. The number of ether oxygens (including phenoxy) is 1. The number of benzene rings is 3. The average molecular weight is 399 g/mol. The van der Waals surface area contributed by atoms with Gasteiger partial charge in [0.1, 0.15) is 18.4 Å². The maximum absolute atomic E-state index is 13.0. The minimum atomic E-state index is -0.355. The van der Waals surface area contributed by atoms with Gasteiger partial charge in [-0.05, 0) is 61.7 Å². The highest BCUT2D eigenvalue weighted by molar-refractivity contribution is 5.96. The van der Waals surface area contributed by atoms with E-state index in [9.17, 15) is 4.79 Å². The van der Waals surface area contributed by atoms with Crippen LogP contribution in [0.25, 0.3) is 10.9 Å². The standard InChI is InChI=1S/C26H26N2O2/c1-18-12-13-19(2)23(16-18)27-26(29)20(3)28-15-14-22-24(28)10-7-11-25(22)30-17-21-8-5-4-6-9-21/h4-16,20H,17H2,1-3H3,(H,27,29). The molecular formula is C26H26N2O2. The quantitative estimate of drug-likeness (QED) is 0.430. The first kappa shape index (κ1) is 19.8. The Morgan fingerprint density at radius 1 is 1.00 bits per heavy atom. The molecule has 0 spiro atoms. The molecule has 30 heavy (non-hydrogen) atoms. The van der Waals surface area contributed by atoms with E-state index in [-0.39, 0.29) is 11.9 Å². The summed E-state index contributed by atoms with van der Waals surface area (Å²) in [6.07, 6.45) is 1.95. The SMILES string of the molecule is Cc1ccc(C)c(NC(=O)C(C)n2ccc3c(OCc4ccccc4)cccc32)c1. The van der Waals surface area contributed by atoms with Crippen LogP contribution in [0.1, 0.15) is 29.7 Å². The van der Waals surface area contributed by atoms with Gasteiger partial charge in [0.15, 0.2) is 0 Å². The van der Waals surface area contributed by atoms with E-state index in [0.29, 0.717) is 6.61 Å². The van der Waals surface area contributed by atoms with Crippen molar-refractivity contribution in [1.82, 2.24) is 4.57 Å². The fraction of sp³-hybridized carbons (Fsp3) is 0.192. The first-order chi connectivity index (χ1) is 14.5. The third-order valence-electron chi connectivity index (χ3n) is 5.41. The summed E-state index contributed by atoms with van der Waals surface area (Å²) >= 11 is 0. The lowest BCUT2D eigenvalue weighted by molar-refractivity contribution is -0.118. The largest absolute Gasteiger partial charge is 0.488 e. The summed E-state index contributed by atoms with van der Waals surface area (Å²) in [6.45, 7) is 6.45. The van der Waals surface area contributed by atoms with Crippen LogP contribution in [0.4, 0.5) is 5.69 Å². The van der Waals surface area contributed by atoms with Gasteiger partial charge in [-0.2, -0.15) is 0 Å². The zero-order valence-electron chi connectivity index (χ0n) is 17.6. The van der Waals surface area contributed by atoms with E-state index in [1.807, 2.05) is 104 Å². The predicted molar refractivity (Wildman–Crippen MR) is 122 cm³/mol. The molecule has 1 heterocycles. The third kappa shape index (κ3) is 4.08. The molecule has 0 saturated heterocycles. The van der Waals surface area contributed by atoms with E-state index >= 15 is 0 Å². The minimum absolute atomic E-state index is 0.0446. The van der Waals surface area contributed by atoms with Crippen molar-refractivity contribution in [1.29, 1.82) is 0 Å². The van der Waals surface area contributed by atoms with Crippen LogP contribution in [0.2, 0.25) is 0 Å². The fourth-order valence-electron chi connectivity index (χ4n) is 3.59. The molecule has 1 amide bonds. The second-order valence-corrected chi connectivity index (χ2v) is 7.67. The van der Waals surface area contributed by atoms with Crippen molar-refractivity contribution in [2.75, 3.05) is 5.32 Å². The molecule has 0 radical (unpaired) electrons. The molecule has 3 aromatic carbocycles. The van der Waals surface area contributed by atoms with Gasteiger partial charge >= 0.3 is 0 Å². The van der Waals surface area contributed by atoms with Gasteiger partial charge in [0, 0.05) is 17.3 Å². The molecule has 4 rings (SSSR count). The Morgan fingerprint density at radius 3 is 2.60 bits per heavy atom. The molecule has 0 aliphatic rings. The van der Waals surface area contributed by atoms with Crippen LogP contribution in [0.3, 0.4) is 0 Å². The summed E-state index contributed by atoms with van der Waals surface area (Å²) in [5.74, 6) is 0.772. The van der Waals surface area contributed by atoms with Crippen molar-refractivity contribution in [3.8, 4) is 5.75 Å². The third-order valence-corrected chi connectivity index (χ3v) is 5.41. The van der Waals surface area contributed by atoms with Gasteiger partial charge in [0.05, 0.1) is 5.52 Å². The predicted octanol–water partition coefficient (Wildman–Crippen LogP) is 6.04. The number of nitrogens with zero attached hydrogens (tertiary/aromatic N) is 1. The summed E-state index contributed by atoms with van der Waals surface area (Å²) < 4.78 is 8.06. The first-order valence-electron chi connectivity index (χ1n) is 10.2. The highest BCUT2D eigenvalue weighted by atomic mass is 16.5. The number of amides is 1. The number of anilines is 1. The lowest BCUT2D eigenvalue weighted by Crippen LogP contribution is -2.23. The van der Waals surface area contributed by atoms with Crippen molar-refractivity contribution in [3.63, 3.8) is 0 Å². The van der Waals surface area contributed by atoms with Gasteiger partial charge in [-0.25, -0.2) is 0 Å². The van der Waals surface area contributed by atoms with Crippen molar-refractivity contribution >= 4 is 22.5 Å². The van der Waals surface area contributed by atoms with Crippen molar-refractivity contribution < 1.29 is 9.53 Å². The Morgan fingerprint density at radius 2 is 1.80 bits per heavy atom. The Kier molecular flexibility index (Phi) is 5.57. The molecule has 1 atom stereocenters. The number of carbonyl (C=O) groups excluding carboxylic acids is 1. The Bertz CT molecular complexity index is 1180. The topological polar surface area (TPSA) is 43.3 Å². The summed E-state index contributed by atoms with van der Waals surface area (Å²) in [5, 5.41) is 4.07. The Labute approximate surface area is 177 Å². The van der Waals surface area contributed by atoms with Gasteiger partial charge in [0.25, 0.3) is 0 Å². The second-order valence-electron chi connectivity index (χ2n) is 7.67. The first-order valence-corrected chi connectivity index (χ1v) is 10.2. The normalized spacial score (nSPS) is 12.0. The minimum Gasteiger partial charge on any atom is -0.488 e. The summed E-state index contributed by atoms with van der Waals surface area (Å²) in [4.78, 5) is 13.0. The van der Waals surface area contributed by atoms with Crippen molar-refractivity contribution in [2.24, 2.45) is 0 Å². The van der Waals surface area contributed by atoms with Crippen molar-refractivity contribution in [3.05, 3.63) is 95.7 Å². The highest BCUT2D eigenvalue weighted by Crippen LogP contribution is 2.30. The summed E-state index contributed by atoms with van der Waals surface area (Å²) in [5.41, 5.74) is 5.12. The number of nitrogens with one attached hydrogen (secondary N) is 1. The number of aromatic nitrogens is 1. The molecular weight excluding hydrogens is 372 g/mol. The molecule has 0 aliphatic carbocycles. The van der Waals surface area contributed by atoms with Crippen LogP contribution >= 0.6 is 0 Å². The number of fused-ring (bicyclic) bond motifs is 1. The van der Waals surface area contributed by atoms with Gasteiger partial charge in [-0.3, -0.25) is 4.79 Å². The molecule has 0 aliphatic heterocycles. The molecule has 4 heteroatoms. The van der Waals surface area contributed by atoms with E-state index in [0.717, 1.165) is 39.0 Å². The van der Waals surface area contributed by atoms with E-state index in [1.54, 1.807) is 0 Å². The van der Waals surface area contributed by atoms with Crippen LogP contribution in [-0.2, 0) is 11.4 Å². The van der Waals surface area contributed by atoms with E-state index in [1.165, 1.54) is 0 Å². The number of aryl methyl sites for hydroxylation is 2. The van der Waals surface area contributed by atoms with Gasteiger partial charge in [-0.1, -0.05) is 48.5 Å². The van der Waals surface area contributed by atoms with Gasteiger partial charge in [-0.15, -0.1) is 0 Å². The zero-order valence-corrected chi connectivity index (χ0v) is 17.6. The molecule has 1 aromatic heterocycles. The second kappa shape index (κ2) is 8.46. The maximum atomic E-state index is 13.0. The summed E-state index contributed by atoms with van der Waals surface area (Å²) in [7, 11) is 0. The molecule has 4 aromatic rings. The van der Waals surface area contributed by atoms with Crippen LogP contribution in [0.5, 0.6) is 5.75 Å². The van der Waals surface area contributed by atoms with E-state index in [4.69, 9.17) is 4.74 Å². The molecule has 0 saturated carbocycles. The zero-order chi connectivity index (χ0) is 21.1. The fourth-order valence-corrected chi connectivity index (χ4v) is 3.59. The number of hydrogen-bond donors (Lipinski definition) is 1. The Hall–Kier alpha value is -3.53. The van der Waals surface area contributed by atoms with Gasteiger partial charge < -0.3 is 14.6 Å². The molecule has 152 valence electrons. The van der Waals surface area contributed by atoms with E-state index < -0.39 is 0 Å². The van der Waals surface area contributed by atoms with Crippen LogP contribution < -0.4 is 10.1 Å². The monoisotopic (exact) mass is 398 g/mol. The van der Waals surface area contributed by atoms with E-state index in [2.05, 4.69) is 5.32 Å². The lowest BCUT2D eigenvalue weighted by atomic mass is 10.1. The summed E-state index contributed by atoms with van der Waals surface area (Å²) in [6, 6.07) is 23.8. The lowest BCUT2D eigenvalue weighted by Gasteiger charge is -2.17. The highest BCUT2D eigenvalue weighted by Gasteiger charge is 2.18. The van der Waals surface area contributed by atoms with Gasteiger partial charge in [0.2, 0.25) is 5.91 Å². The van der Waals surface area contributed by atoms with Crippen molar-refractivity contribution in [2.45, 2.75) is 33.4 Å². The molecule has 0 bridgehead atoms. The van der Waals surface area contributed by atoms with Crippen LogP contribution in [0, 0.1) is 13.8 Å². The Balaban J connectivity index is 1.55.